The maximum atomic E-state index is 12.2. The summed E-state index contributed by atoms with van der Waals surface area (Å²) in [5, 5.41) is 2.48. The number of likely N-dealkylation sites (N-methyl/N-ethyl adjacent to an activating group) is 1. The highest BCUT2D eigenvalue weighted by atomic mass is 35.5. The van der Waals surface area contributed by atoms with Crippen molar-refractivity contribution in [2.24, 2.45) is 0 Å². The topological polar surface area (TPSA) is 78.5 Å². The molecule has 1 aromatic carbocycles. The smallest absolute Gasteiger partial charge is 0.251 e. The fourth-order valence-electron chi connectivity index (χ4n) is 1.66. The Morgan fingerprint density at radius 2 is 1.90 bits per heavy atom. The highest BCUT2D eigenvalue weighted by Gasteiger charge is 2.18. The lowest BCUT2D eigenvalue weighted by Crippen LogP contribution is -2.32. The van der Waals surface area contributed by atoms with Crippen molar-refractivity contribution in [2.75, 3.05) is 34.2 Å². The fraction of sp³-hybridized carbons (Fsp3) is 0.462. The molecule has 0 spiro atoms. The Morgan fingerprint density at radius 1 is 1.29 bits per heavy atom. The molecule has 0 radical (unpaired) electrons. The van der Waals surface area contributed by atoms with Crippen molar-refractivity contribution >= 4 is 28.3 Å². The van der Waals surface area contributed by atoms with Gasteiger partial charge in [0.05, 0.1) is 4.90 Å². The van der Waals surface area contributed by atoms with Crippen molar-refractivity contribution in [2.45, 2.75) is 11.8 Å². The molecule has 1 rings (SSSR count). The molecule has 0 aliphatic carbocycles. The molecule has 0 saturated heterocycles. The number of nitrogens with one attached hydrogen (secondary N) is 2. The zero-order valence-electron chi connectivity index (χ0n) is 12.6. The lowest BCUT2D eigenvalue weighted by Gasteiger charge is -2.13. The van der Waals surface area contributed by atoms with E-state index in [1.165, 1.54) is 13.1 Å². The molecule has 0 heterocycles. The van der Waals surface area contributed by atoms with E-state index in [0.29, 0.717) is 24.2 Å². The molecule has 0 atom stereocenters. The van der Waals surface area contributed by atoms with Gasteiger partial charge < -0.3 is 10.2 Å². The van der Waals surface area contributed by atoms with Gasteiger partial charge in [-0.25, -0.2) is 13.1 Å². The van der Waals surface area contributed by atoms with Crippen molar-refractivity contribution in [1.82, 2.24) is 14.9 Å². The predicted octanol–water partition coefficient (Wildman–Crippen LogP) is 0.616. The van der Waals surface area contributed by atoms with Crippen LogP contribution in [0.2, 0.25) is 0 Å². The predicted molar refractivity (Wildman–Crippen MR) is 85.6 cm³/mol. The largest absolute Gasteiger partial charge is 0.355 e. The van der Waals surface area contributed by atoms with E-state index >= 15 is 0 Å². The van der Waals surface area contributed by atoms with Gasteiger partial charge in [0.1, 0.15) is 0 Å². The number of halogens is 1. The summed E-state index contributed by atoms with van der Waals surface area (Å²) in [6.07, 6.45) is 0. The van der Waals surface area contributed by atoms with Gasteiger partial charge in [0.2, 0.25) is 10.0 Å². The molecule has 0 fully saturated rings. The second kappa shape index (κ2) is 8.33. The van der Waals surface area contributed by atoms with Crippen LogP contribution < -0.4 is 10.0 Å². The molecule has 120 valence electrons. The first-order valence-electron chi connectivity index (χ1n) is 6.25. The van der Waals surface area contributed by atoms with Gasteiger partial charge in [-0.1, -0.05) is 6.07 Å². The molecule has 21 heavy (non-hydrogen) atoms. The van der Waals surface area contributed by atoms with Gasteiger partial charge in [0.15, 0.2) is 0 Å². The second-order valence-electron chi connectivity index (χ2n) is 4.76. The number of amides is 1. The van der Waals surface area contributed by atoms with Crippen LogP contribution >= 0.6 is 12.4 Å². The van der Waals surface area contributed by atoms with Gasteiger partial charge in [0, 0.05) is 25.7 Å². The third-order valence-electron chi connectivity index (χ3n) is 2.82. The first kappa shape index (κ1) is 19.9. The van der Waals surface area contributed by atoms with Crippen molar-refractivity contribution in [3.8, 4) is 0 Å². The monoisotopic (exact) mass is 335 g/mol. The molecular formula is C13H22ClN3O3S. The van der Waals surface area contributed by atoms with Crippen LogP contribution in [0.5, 0.6) is 0 Å². The van der Waals surface area contributed by atoms with Crippen LogP contribution in [0.25, 0.3) is 0 Å². The Bertz CT molecular complexity index is 588. The molecule has 0 saturated carbocycles. The van der Waals surface area contributed by atoms with E-state index in [1.54, 1.807) is 19.1 Å². The van der Waals surface area contributed by atoms with E-state index in [0.717, 1.165) is 0 Å². The number of rotatable bonds is 6. The Kier molecular flexibility index (Phi) is 7.87. The Balaban J connectivity index is 0.00000400. The Labute approximate surface area is 132 Å². The standard InChI is InChI=1S/C13H21N3O3S.ClH/c1-10-5-6-11(13(17)14-2)9-12(10)20(18,19)15-7-8-16(3)4;/h5-6,9,15H,7-8H2,1-4H3,(H,14,17);1H. The maximum Gasteiger partial charge on any atom is 0.251 e. The van der Waals surface area contributed by atoms with Crippen LogP contribution in [-0.4, -0.2) is 53.5 Å². The van der Waals surface area contributed by atoms with Crippen molar-refractivity contribution in [3.63, 3.8) is 0 Å². The van der Waals surface area contributed by atoms with E-state index < -0.39 is 10.0 Å². The van der Waals surface area contributed by atoms with Gasteiger partial charge in [0.25, 0.3) is 5.91 Å². The summed E-state index contributed by atoms with van der Waals surface area (Å²) in [6, 6.07) is 4.63. The molecular weight excluding hydrogens is 314 g/mol. The minimum atomic E-state index is -3.61. The summed E-state index contributed by atoms with van der Waals surface area (Å²) >= 11 is 0. The van der Waals surface area contributed by atoms with Crippen molar-refractivity contribution in [1.29, 1.82) is 0 Å². The molecule has 0 unspecified atom stereocenters. The van der Waals surface area contributed by atoms with Crippen LogP contribution in [0.3, 0.4) is 0 Å². The SMILES string of the molecule is CNC(=O)c1ccc(C)c(S(=O)(=O)NCCN(C)C)c1.Cl. The van der Waals surface area contributed by atoms with E-state index in [2.05, 4.69) is 10.0 Å². The number of sulfonamides is 1. The lowest BCUT2D eigenvalue weighted by molar-refractivity contribution is 0.0963. The molecule has 1 aromatic rings. The number of nitrogens with zero attached hydrogens (tertiary/aromatic N) is 1. The van der Waals surface area contributed by atoms with Crippen molar-refractivity contribution < 1.29 is 13.2 Å². The second-order valence-corrected chi connectivity index (χ2v) is 6.50. The summed E-state index contributed by atoms with van der Waals surface area (Å²) in [6.45, 7) is 2.63. The van der Waals surface area contributed by atoms with Crippen molar-refractivity contribution in [3.05, 3.63) is 29.3 Å². The fourth-order valence-corrected chi connectivity index (χ4v) is 2.95. The molecule has 0 bridgehead atoms. The number of benzene rings is 1. The summed E-state index contributed by atoms with van der Waals surface area (Å²) in [4.78, 5) is 13.6. The van der Waals surface area contributed by atoms with Gasteiger partial charge in [-0.15, -0.1) is 12.4 Å². The zero-order valence-corrected chi connectivity index (χ0v) is 14.3. The Hall–Kier alpha value is -1.15. The maximum absolute atomic E-state index is 12.2. The number of carbonyl (C=O) groups excluding carboxylic acids is 1. The summed E-state index contributed by atoms with van der Waals surface area (Å²) < 4.78 is 27.0. The third kappa shape index (κ3) is 5.62. The average Bonchev–Trinajstić information content (AvgIpc) is 2.37. The minimum absolute atomic E-state index is 0. The molecule has 1 amide bonds. The first-order chi connectivity index (χ1) is 9.27. The number of hydrogen-bond donors (Lipinski definition) is 2. The van der Waals surface area contributed by atoms with Crippen LogP contribution in [0.15, 0.2) is 23.1 Å². The van der Waals surface area contributed by atoms with Gasteiger partial charge in [-0.3, -0.25) is 4.79 Å². The number of carbonyl (C=O) groups is 1. The van der Waals surface area contributed by atoms with Crippen LogP contribution in [-0.2, 0) is 10.0 Å². The number of hydrogen-bond acceptors (Lipinski definition) is 4. The first-order valence-corrected chi connectivity index (χ1v) is 7.73. The van der Waals surface area contributed by atoms with Crippen LogP contribution in [0.1, 0.15) is 15.9 Å². The average molecular weight is 336 g/mol. The quantitative estimate of drug-likeness (QED) is 0.798. The highest BCUT2D eigenvalue weighted by molar-refractivity contribution is 7.89. The molecule has 0 aromatic heterocycles. The van der Waals surface area contributed by atoms with Crippen LogP contribution in [0, 0.1) is 6.92 Å². The molecule has 2 N–H and O–H groups in total. The summed E-state index contributed by atoms with van der Waals surface area (Å²) in [5.41, 5.74) is 0.932. The molecule has 8 heteroatoms. The minimum Gasteiger partial charge on any atom is -0.355 e. The van der Waals surface area contributed by atoms with Crippen LogP contribution in [0.4, 0.5) is 0 Å². The number of aryl methyl sites for hydroxylation is 1. The van der Waals surface area contributed by atoms with Gasteiger partial charge in [-0.2, -0.15) is 0 Å². The summed E-state index contributed by atoms with van der Waals surface area (Å²) in [7, 11) is 1.63. The van der Waals surface area contributed by atoms with E-state index in [1.807, 2.05) is 19.0 Å². The lowest BCUT2D eigenvalue weighted by atomic mass is 10.1. The summed E-state index contributed by atoms with van der Waals surface area (Å²) in [5.74, 6) is -0.310. The zero-order chi connectivity index (χ0) is 15.3. The highest BCUT2D eigenvalue weighted by Crippen LogP contribution is 2.16. The normalized spacial score (nSPS) is 11.1. The Morgan fingerprint density at radius 3 is 2.43 bits per heavy atom. The van der Waals surface area contributed by atoms with Gasteiger partial charge >= 0.3 is 0 Å². The molecule has 6 nitrogen and oxygen atoms in total. The van der Waals surface area contributed by atoms with E-state index in [9.17, 15) is 13.2 Å². The van der Waals surface area contributed by atoms with Gasteiger partial charge in [-0.05, 0) is 38.7 Å². The van der Waals surface area contributed by atoms with E-state index in [4.69, 9.17) is 0 Å². The molecule has 0 aliphatic rings. The molecule has 0 aliphatic heterocycles. The van der Waals surface area contributed by atoms with E-state index in [-0.39, 0.29) is 23.2 Å². The third-order valence-corrected chi connectivity index (χ3v) is 4.42.